The first-order valence-corrected chi connectivity index (χ1v) is 5.73. The summed E-state index contributed by atoms with van der Waals surface area (Å²) in [6.07, 6.45) is 0.0935. The Labute approximate surface area is 98.4 Å². The van der Waals surface area contributed by atoms with Gasteiger partial charge in [0, 0.05) is 20.8 Å². The first kappa shape index (κ1) is 15.8. The lowest BCUT2D eigenvalue weighted by atomic mass is 10.3. The van der Waals surface area contributed by atoms with Crippen molar-refractivity contribution in [2.45, 2.75) is 13.0 Å². The average molecular weight is 235 g/mol. The fraction of sp³-hybridized carbons (Fsp3) is 1.00. The van der Waals surface area contributed by atoms with Crippen LogP contribution in [0.3, 0.4) is 0 Å². The van der Waals surface area contributed by atoms with E-state index in [2.05, 4.69) is 12.2 Å². The normalized spacial score (nSPS) is 12.9. The van der Waals surface area contributed by atoms with Gasteiger partial charge in [-0.2, -0.15) is 0 Å². The zero-order chi connectivity index (χ0) is 12.1. The molecule has 0 fully saturated rings. The van der Waals surface area contributed by atoms with Crippen LogP contribution in [0.2, 0.25) is 0 Å². The van der Waals surface area contributed by atoms with Crippen LogP contribution in [0, 0.1) is 0 Å². The van der Waals surface area contributed by atoms with Crippen LogP contribution in [0.25, 0.3) is 0 Å². The van der Waals surface area contributed by atoms with Crippen LogP contribution >= 0.6 is 0 Å². The number of hydrogen-bond acceptors (Lipinski definition) is 5. The number of likely N-dealkylation sites (N-methyl/N-ethyl adjacent to an activating group) is 1. The van der Waals surface area contributed by atoms with E-state index in [0.717, 1.165) is 13.1 Å². The Kier molecular flexibility index (Phi) is 12.7. The van der Waals surface area contributed by atoms with Gasteiger partial charge in [-0.3, -0.25) is 0 Å². The molecule has 0 aromatic carbocycles. The fourth-order valence-electron chi connectivity index (χ4n) is 1.18. The Morgan fingerprint density at radius 3 is 2.38 bits per heavy atom. The van der Waals surface area contributed by atoms with Crippen LogP contribution in [-0.4, -0.2) is 66.4 Å². The Morgan fingerprint density at radius 2 is 1.75 bits per heavy atom. The second-order valence-corrected chi connectivity index (χ2v) is 3.36. The Hall–Kier alpha value is -0.200. The van der Waals surface area contributed by atoms with Crippen LogP contribution < -0.4 is 5.32 Å². The monoisotopic (exact) mass is 235 g/mol. The van der Waals surface area contributed by atoms with E-state index in [1.54, 1.807) is 14.2 Å². The van der Waals surface area contributed by atoms with Crippen LogP contribution in [0.5, 0.6) is 0 Å². The van der Waals surface area contributed by atoms with Gasteiger partial charge >= 0.3 is 0 Å². The first-order valence-electron chi connectivity index (χ1n) is 5.73. The molecule has 5 heteroatoms. The fourth-order valence-corrected chi connectivity index (χ4v) is 1.18. The van der Waals surface area contributed by atoms with Crippen LogP contribution in [0.1, 0.15) is 6.92 Å². The van der Waals surface area contributed by atoms with E-state index in [-0.39, 0.29) is 6.10 Å². The lowest BCUT2D eigenvalue weighted by molar-refractivity contribution is -0.0324. The molecule has 0 radical (unpaired) electrons. The third kappa shape index (κ3) is 10.3. The lowest BCUT2D eigenvalue weighted by Gasteiger charge is -2.17. The van der Waals surface area contributed by atoms with Crippen LogP contribution in [-0.2, 0) is 18.9 Å². The number of methoxy groups -OCH3 is 2. The number of nitrogens with one attached hydrogen (secondary N) is 1. The van der Waals surface area contributed by atoms with Crippen molar-refractivity contribution in [3.05, 3.63) is 0 Å². The van der Waals surface area contributed by atoms with Crippen molar-refractivity contribution < 1.29 is 18.9 Å². The van der Waals surface area contributed by atoms with Crippen molar-refractivity contribution >= 4 is 0 Å². The van der Waals surface area contributed by atoms with Gasteiger partial charge in [0.05, 0.1) is 39.1 Å². The number of ether oxygens (including phenoxy) is 4. The van der Waals surface area contributed by atoms with Gasteiger partial charge in [0.1, 0.15) is 0 Å². The highest BCUT2D eigenvalue weighted by atomic mass is 16.6. The quantitative estimate of drug-likeness (QED) is 0.493. The largest absolute Gasteiger partial charge is 0.382 e. The molecule has 0 aromatic rings. The topological polar surface area (TPSA) is 49.0 Å². The zero-order valence-corrected chi connectivity index (χ0v) is 10.7. The van der Waals surface area contributed by atoms with E-state index >= 15 is 0 Å². The number of hydrogen-bond donors (Lipinski definition) is 1. The van der Waals surface area contributed by atoms with E-state index in [4.69, 9.17) is 18.9 Å². The zero-order valence-electron chi connectivity index (χ0n) is 10.7. The van der Waals surface area contributed by atoms with Gasteiger partial charge in [-0.05, 0) is 6.54 Å². The second kappa shape index (κ2) is 12.9. The molecule has 0 spiro atoms. The molecule has 1 atom stereocenters. The van der Waals surface area contributed by atoms with Gasteiger partial charge < -0.3 is 24.3 Å². The molecule has 0 aliphatic carbocycles. The van der Waals surface area contributed by atoms with Crippen molar-refractivity contribution in [1.29, 1.82) is 0 Å². The molecule has 98 valence electrons. The summed E-state index contributed by atoms with van der Waals surface area (Å²) in [7, 11) is 3.34. The van der Waals surface area contributed by atoms with Crippen LogP contribution in [0.15, 0.2) is 0 Å². The summed E-state index contributed by atoms with van der Waals surface area (Å²) >= 11 is 0. The van der Waals surface area contributed by atoms with E-state index in [0.29, 0.717) is 33.0 Å². The van der Waals surface area contributed by atoms with Gasteiger partial charge in [-0.1, -0.05) is 6.92 Å². The third-order valence-corrected chi connectivity index (χ3v) is 1.99. The first-order chi connectivity index (χ1) is 7.85. The Bertz CT molecular complexity index is 135. The molecule has 0 aliphatic rings. The molecule has 5 nitrogen and oxygen atoms in total. The van der Waals surface area contributed by atoms with Crippen LogP contribution in [0.4, 0.5) is 0 Å². The van der Waals surface area contributed by atoms with Crippen molar-refractivity contribution in [1.82, 2.24) is 5.32 Å². The summed E-state index contributed by atoms with van der Waals surface area (Å²) in [5.74, 6) is 0. The molecule has 0 bridgehead atoms. The van der Waals surface area contributed by atoms with E-state index in [1.807, 2.05) is 0 Å². The van der Waals surface area contributed by atoms with Crippen molar-refractivity contribution in [2.75, 3.05) is 60.3 Å². The van der Waals surface area contributed by atoms with E-state index in [9.17, 15) is 0 Å². The SMILES string of the molecule is CCNCC(COC)OCCOCCOC. The predicted molar refractivity (Wildman–Crippen MR) is 62.9 cm³/mol. The smallest absolute Gasteiger partial charge is 0.0933 e. The maximum absolute atomic E-state index is 5.61. The number of rotatable bonds is 12. The molecule has 0 aliphatic heterocycles. The molecule has 1 unspecified atom stereocenters. The molecule has 0 rings (SSSR count). The lowest BCUT2D eigenvalue weighted by Crippen LogP contribution is -2.33. The molecular formula is C11H25NO4. The van der Waals surface area contributed by atoms with E-state index < -0.39 is 0 Å². The molecule has 1 N–H and O–H groups in total. The molecule has 0 saturated heterocycles. The van der Waals surface area contributed by atoms with Gasteiger partial charge in [-0.25, -0.2) is 0 Å². The maximum atomic E-state index is 5.61. The highest BCUT2D eigenvalue weighted by Crippen LogP contribution is 1.92. The standard InChI is InChI=1S/C11H25NO4/c1-4-12-9-11(10-14-3)16-8-7-15-6-5-13-2/h11-12H,4-10H2,1-3H3. The third-order valence-electron chi connectivity index (χ3n) is 1.99. The minimum atomic E-state index is 0.0935. The molecule has 16 heavy (non-hydrogen) atoms. The highest BCUT2D eigenvalue weighted by molar-refractivity contribution is 4.59. The Morgan fingerprint density at radius 1 is 1.00 bits per heavy atom. The summed E-state index contributed by atoms with van der Waals surface area (Å²) in [4.78, 5) is 0. The maximum Gasteiger partial charge on any atom is 0.0933 e. The summed E-state index contributed by atoms with van der Waals surface area (Å²) < 4.78 is 20.8. The molecule has 0 saturated carbocycles. The van der Waals surface area contributed by atoms with Gasteiger partial charge in [0.2, 0.25) is 0 Å². The van der Waals surface area contributed by atoms with Crippen molar-refractivity contribution in [3.8, 4) is 0 Å². The van der Waals surface area contributed by atoms with Crippen molar-refractivity contribution in [2.24, 2.45) is 0 Å². The van der Waals surface area contributed by atoms with Gasteiger partial charge in [0.25, 0.3) is 0 Å². The highest BCUT2D eigenvalue weighted by Gasteiger charge is 2.07. The average Bonchev–Trinajstić information content (AvgIpc) is 2.30. The summed E-state index contributed by atoms with van der Waals surface area (Å²) in [6.45, 7) is 6.83. The minimum Gasteiger partial charge on any atom is -0.382 e. The van der Waals surface area contributed by atoms with Gasteiger partial charge in [0.15, 0.2) is 0 Å². The molecule has 0 amide bonds. The van der Waals surface area contributed by atoms with Crippen molar-refractivity contribution in [3.63, 3.8) is 0 Å². The summed E-state index contributed by atoms with van der Waals surface area (Å²) in [5, 5.41) is 3.23. The minimum absolute atomic E-state index is 0.0935. The second-order valence-electron chi connectivity index (χ2n) is 3.36. The Balaban J connectivity index is 3.36. The molecular weight excluding hydrogens is 210 g/mol. The molecule has 0 heterocycles. The predicted octanol–water partition coefficient (Wildman–Crippen LogP) is 0.291. The van der Waals surface area contributed by atoms with Gasteiger partial charge in [-0.15, -0.1) is 0 Å². The summed E-state index contributed by atoms with van der Waals surface area (Å²) in [5.41, 5.74) is 0. The summed E-state index contributed by atoms with van der Waals surface area (Å²) in [6, 6.07) is 0. The van der Waals surface area contributed by atoms with E-state index in [1.165, 1.54) is 0 Å². The molecule has 0 aromatic heterocycles.